The Bertz CT molecular complexity index is 217. The summed E-state index contributed by atoms with van der Waals surface area (Å²) in [4.78, 5) is 0. The molecule has 2 saturated carbocycles. The molecule has 0 radical (unpaired) electrons. The molecule has 1 N–H and O–H groups in total. The van der Waals surface area contributed by atoms with E-state index in [2.05, 4.69) is 0 Å². The summed E-state index contributed by atoms with van der Waals surface area (Å²) in [5.74, 6) is 1.21. The van der Waals surface area contributed by atoms with E-state index in [0.29, 0.717) is 11.8 Å². The monoisotopic (exact) mass is 308 g/mol. The summed E-state index contributed by atoms with van der Waals surface area (Å²) in [6, 6.07) is 0. The first-order valence-electron chi connectivity index (χ1n) is 10.6. The minimum absolute atomic E-state index is 0.00106. The number of aliphatic hydroxyl groups is 1. The van der Waals surface area contributed by atoms with Gasteiger partial charge in [-0.2, -0.15) is 0 Å². The van der Waals surface area contributed by atoms with Crippen LogP contribution in [0.1, 0.15) is 116 Å². The van der Waals surface area contributed by atoms with Gasteiger partial charge in [-0.05, 0) is 37.5 Å². The summed E-state index contributed by atoms with van der Waals surface area (Å²) >= 11 is 0. The lowest BCUT2D eigenvalue weighted by atomic mass is 9.78. The zero-order valence-corrected chi connectivity index (χ0v) is 14.9. The van der Waals surface area contributed by atoms with Gasteiger partial charge in [-0.25, -0.2) is 0 Å². The first kappa shape index (κ1) is 18.3. The van der Waals surface area contributed by atoms with E-state index in [1.807, 2.05) is 0 Å². The average Bonchev–Trinajstić information content (AvgIpc) is 2.56. The summed E-state index contributed by atoms with van der Waals surface area (Å²) < 4.78 is 0. The number of aliphatic hydroxyl groups excluding tert-OH is 1. The molecule has 0 atom stereocenters. The molecule has 130 valence electrons. The molecule has 1 heteroatoms. The maximum absolute atomic E-state index is 11.1. The highest BCUT2D eigenvalue weighted by Crippen LogP contribution is 2.32. The van der Waals surface area contributed by atoms with Crippen LogP contribution in [0.4, 0.5) is 0 Å². The topological polar surface area (TPSA) is 20.2 Å². The molecular weight excluding hydrogens is 268 g/mol. The van der Waals surface area contributed by atoms with Crippen molar-refractivity contribution in [3.63, 3.8) is 0 Å². The van der Waals surface area contributed by atoms with Crippen LogP contribution in [0.15, 0.2) is 0 Å². The van der Waals surface area contributed by atoms with Crippen molar-refractivity contribution in [1.82, 2.24) is 0 Å². The highest BCUT2D eigenvalue weighted by molar-refractivity contribution is 4.78. The van der Waals surface area contributed by atoms with Crippen molar-refractivity contribution in [3.05, 3.63) is 0 Å². The van der Waals surface area contributed by atoms with Crippen molar-refractivity contribution in [2.24, 2.45) is 11.8 Å². The van der Waals surface area contributed by atoms with Crippen molar-refractivity contribution in [2.45, 2.75) is 122 Å². The van der Waals surface area contributed by atoms with Crippen LogP contribution in [0.2, 0.25) is 0 Å². The zero-order valence-electron chi connectivity index (χ0n) is 14.9. The van der Waals surface area contributed by atoms with Crippen molar-refractivity contribution in [3.8, 4) is 0 Å². The largest absolute Gasteiger partial charge is 0.393 e. The van der Waals surface area contributed by atoms with E-state index in [9.17, 15) is 5.11 Å². The minimum Gasteiger partial charge on any atom is -0.393 e. The molecule has 0 unspecified atom stereocenters. The van der Waals surface area contributed by atoms with Gasteiger partial charge in [0.05, 0.1) is 6.10 Å². The summed E-state index contributed by atoms with van der Waals surface area (Å²) in [6.07, 6.45) is 24.7. The Hall–Kier alpha value is -0.0400. The fourth-order valence-electron chi connectivity index (χ4n) is 4.75. The predicted octanol–water partition coefficient (Wildman–Crippen LogP) is 6.63. The maximum Gasteiger partial charge on any atom is 0.0596 e. The third-order valence-corrected chi connectivity index (χ3v) is 6.27. The third kappa shape index (κ3) is 7.02. The summed E-state index contributed by atoms with van der Waals surface area (Å²) in [6.45, 7) is 0. The van der Waals surface area contributed by atoms with Gasteiger partial charge >= 0.3 is 0 Å². The molecule has 22 heavy (non-hydrogen) atoms. The standard InChI is InChI=1S/C21H40O/c22-21(19-15-11-7-3-1-4-8-12-16-19)20-17-13-9-5-2-6-10-14-18-20/h19-22H,1-18H2. The highest BCUT2D eigenvalue weighted by Gasteiger charge is 2.27. The van der Waals surface area contributed by atoms with E-state index in [1.165, 1.54) is 116 Å². The van der Waals surface area contributed by atoms with Crippen LogP contribution in [0.3, 0.4) is 0 Å². The van der Waals surface area contributed by atoms with Crippen LogP contribution in [0.5, 0.6) is 0 Å². The Kier molecular flexibility index (Phi) is 9.56. The molecule has 2 aliphatic rings. The van der Waals surface area contributed by atoms with Gasteiger partial charge in [-0.1, -0.05) is 89.9 Å². The van der Waals surface area contributed by atoms with Gasteiger partial charge in [0.1, 0.15) is 0 Å². The molecule has 0 aliphatic heterocycles. The Labute approximate surface area is 139 Å². The molecule has 0 saturated heterocycles. The smallest absolute Gasteiger partial charge is 0.0596 e. The normalized spacial score (nSPS) is 25.9. The van der Waals surface area contributed by atoms with E-state index in [1.54, 1.807) is 0 Å². The van der Waals surface area contributed by atoms with Crippen molar-refractivity contribution >= 4 is 0 Å². The molecule has 2 rings (SSSR count). The first-order chi connectivity index (χ1) is 10.9. The lowest BCUT2D eigenvalue weighted by Gasteiger charge is -2.31. The number of rotatable bonds is 2. The molecule has 1 nitrogen and oxygen atoms in total. The van der Waals surface area contributed by atoms with Crippen LogP contribution < -0.4 is 0 Å². The fraction of sp³-hybridized carbons (Fsp3) is 1.00. The second-order valence-corrected chi connectivity index (χ2v) is 8.12. The molecule has 2 fully saturated rings. The van der Waals surface area contributed by atoms with E-state index in [4.69, 9.17) is 0 Å². The van der Waals surface area contributed by atoms with Crippen LogP contribution in [0.25, 0.3) is 0 Å². The number of hydrogen-bond acceptors (Lipinski definition) is 1. The molecule has 0 aromatic rings. The molecular formula is C21H40O. The summed E-state index contributed by atoms with van der Waals surface area (Å²) in [7, 11) is 0. The fourth-order valence-corrected chi connectivity index (χ4v) is 4.75. The quantitative estimate of drug-likeness (QED) is 0.607. The molecule has 0 aromatic heterocycles. The van der Waals surface area contributed by atoms with Gasteiger partial charge in [0, 0.05) is 0 Å². The second-order valence-electron chi connectivity index (χ2n) is 8.12. The van der Waals surface area contributed by atoms with Gasteiger partial charge in [0.15, 0.2) is 0 Å². The molecule has 0 heterocycles. The maximum atomic E-state index is 11.1. The highest BCUT2D eigenvalue weighted by atomic mass is 16.3. The van der Waals surface area contributed by atoms with Crippen LogP contribution >= 0.6 is 0 Å². The van der Waals surface area contributed by atoms with Gasteiger partial charge in [-0.3, -0.25) is 0 Å². The van der Waals surface area contributed by atoms with E-state index >= 15 is 0 Å². The van der Waals surface area contributed by atoms with E-state index < -0.39 is 0 Å². The lowest BCUT2D eigenvalue weighted by Crippen LogP contribution is -2.30. The third-order valence-electron chi connectivity index (χ3n) is 6.27. The first-order valence-corrected chi connectivity index (χ1v) is 10.6. The van der Waals surface area contributed by atoms with Crippen molar-refractivity contribution < 1.29 is 5.11 Å². The lowest BCUT2D eigenvalue weighted by molar-refractivity contribution is 0.0295. The van der Waals surface area contributed by atoms with Gasteiger partial charge in [0.25, 0.3) is 0 Å². The van der Waals surface area contributed by atoms with E-state index in [0.717, 1.165) is 0 Å². The summed E-state index contributed by atoms with van der Waals surface area (Å²) in [5, 5.41) is 11.1. The molecule has 0 aromatic carbocycles. The molecule has 2 aliphatic carbocycles. The van der Waals surface area contributed by atoms with E-state index in [-0.39, 0.29) is 6.10 Å². The van der Waals surface area contributed by atoms with Gasteiger partial charge in [0.2, 0.25) is 0 Å². The second kappa shape index (κ2) is 11.5. The molecule has 0 bridgehead atoms. The summed E-state index contributed by atoms with van der Waals surface area (Å²) in [5.41, 5.74) is 0. The molecule has 0 amide bonds. The van der Waals surface area contributed by atoms with Crippen molar-refractivity contribution in [2.75, 3.05) is 0 Å². The van der Waals surface area contributed by atoms with Crippen molar-refractivity contribution in [1.29, 1.82) is 0 Å². The Morgan fingerprint density at radius 3 is 0.909 bits per heavy atom. The molecule has 0 spiro atoms. The average molecular weight is 309 g/mol. The van der Waals surface area contributed by atoms with Crippen LogP contribution in [-0.4, -0.2) is 11.2 Å². The van der Waals surface area contributed by atoms with Crippen LogP contribution in [-0.2, 0) is 0 Å². The van der Waals surface area contributed by atoms with Gasteiger partial charge < -0.3 is 5.11 Å². The SMILES string of the molecule is OC(C1CCCCCCCCC1)C1CCCCCCCCC1. The Morgan fingerprint density at radius 2 is 0.636 bits per heavy atom. The Morgan fingerprint density at radius 1 is 0.409 bits per heavy atom. The Balaban J connectivity index is 1.84. The number of hydrogen-bond donors (Lipinski definition) is 1. The van der Waals surface area contributed by atoms with Crippen LogP contribution in [0, 0.1) is 11.8 Å². The van der Waals surface area contributed by atoms with Gasteiger partial charge in [-0.15, -0.1) is 0 Å². The predicted molar refractivity (Wildman–Crippen MR) is 96.1 cm³/mol. The minimum atomic E-state index is -0.00106. The zero-order chi connectivity index (χ0) is 15.5.